The van der Waals surface area contributed by atoms with Crippen LogP contribution in [-0.2, 0) is 9.53 Å². The summed E-state index contributed by atoms with van der Waals surface area (Å²) in [6.45, 7) is 0. The van der Waals surface area contributed by atoms with Crippen LogP contribution in [0.4, 0.5) is 13.2 Å². The van der Waals surface area contributed by atoms with Crippen molar-refractivity contribution in [1.29, 1.82) is 0 Å². The van der Waals surface area contributed by atoms with Crippen LogP contribution < -0.4 is 0 Å². The number of halogens is 5. The van der Waals surface area contributed by atoms with E-state index in [9.17, 15) is 18.0 Å². The zero-order chi connectivity index (χ0) is 13.2. The number of rotatable bonds is 2. The van der Waals surface area contributed by atoms with Crippen LogP contribution in [0.25, 0.3) is 0 Å². The topological polar surface area (TPSA) is 26.3 Å². The Kier molecular flexibility index (Phi) is 4.27. The van der Waals surface area contributed by atoms with Gasteiger partial charge in [0.1, 0.15) is 0 Å². The highest BCUT2D eigenvalue weighted by Crippen LogP contribution is 2.40. The lowest BCUT2D eigenvalue weighted by atomic mass is 9.98. The summed E-state index contributed by atoms with van der Waals surface area (Å²) >= 11 is 11.3. The molecule has 1 unspecified atom stereocenters. The normalized spacial score (nSPS) is 13.3. The van der Waals surface area contributed by atoms with Crippen molar-refractivity contribution in [2.45, 2.75) is 12.1 Å². The average molecular weight is 287 g/mol. The van der Waals surface area contributed by atoms with Gasteiger partial charge in [-0.15, -0.1) is 0 Å². The van der Waals surface area contributed by atoms with E-state index in [1.54, 1.807) is 0 Å². The molecule has 2 nitrogen and oxygen atoms in total. The molecule has 0 aliphatic rings. The van der Waals surface area contributed by atoms with Crippen molar-refractivity contribution in [2.75, 3.05) is 7.11 Å². The van der Waals surface area contributed by atoms with E-state index in [1.807, 2.05) is 0 Å². The number of hydrogen-bond donors (Lipinski definition) is 0. The fourth-order valence-electron chi connectivity index (χ4n) is 1.30. The summed E-state index contributed by atoms with van der Waals surface area (Å²) in [5.41, 5.74) is -0.418. The Bertz CT molecular complexity index is 432. The van der Waals surface area contributed by atoms with Crippen molar-refractivity contribution >= 4 is 29.2 Å². The lowest BCUT2D eigenvalue weighted by molar-refractivity contribution is -0.179. The molecular formula is C10H7Cl2F3O2. The highest BCUT2D eigenvalue weighted by molar-refractivity contribution is 6.42. The zero-order valence-corrected chi connectivity index (χ0v) is 10.0. The third-order valence-corrected chi connectivity index (χ3v) is 2.89. The van der Waals surface area contributed by atoms with Gasteiger partial charge in [0.25, 0.3) is 0 Å². The molecule has 7 heteroatoms. The van der Waals surface area contributed by atoms with Gasteiger partial charge in [0.2, 0.25) is 0 Å². The third-order valence-electron chi connectivity index (χ3n) is 2.06. The first kappa shape index (κ1) is 14.1. The van der Waals surface area contributed by atoms with Gasteiger partial charge < -0.3 is 4.74 Å². The first-order valence-corrected chi connectivity index (χ1v) is 5.13. The SMILES string of the molecule is COC(=O)C(c1cccc(Cl)c1Cl)C(F)(F)F. The standard InChI is InChI=1S/C10H7Cl2F3O2/c1-17-9(16)7(10(13,14)15)5-3-2-4-6(11)8(5)12/h2-4,7H,1H3. The highest BCUT2D eigenvalue weighted by Gasteiger charge is 2.48. The van der Waals surface area contributed by atoms with E-state index in [0.717, 1.165) is 13.2 Å². The second-order valence-electron chi connectivity index (χ2n) is 3.14. The number of hydrogen-bond acceptors (Lipinski definition) is 2. The summed E-state index contributed by atoms with van der Waals surface area (Å²) in [4.78, 5) is 11.2. The van der Waals surface area contributed by atoms with Crippen LogP contribution in [0.1, 0.15) is 11.5 Å². The van der Waals surface area contributed by atoms with Gasteiger partial charge in [-0.3, -0.25) is 4.79 Å². The van der Waals surface area contributed by atoms with E-state index in [0.29, 0.717) is 0 Å². The molecule has 0 spiro atoms. The summed E-state index contributed by atoms with van der Waals surface area (Å²) in [7, 11) is 0.875. The van der Waals surface area contributed by atoms with Gasteiger partial charge in [-0.2, -0.15) is 13.2 Å². The molecule has 0 heterocycles. The van der Waals surface area contributed by atoms with Gasteiger partial charge in [0.15, 0.2) is 5.92 Å². The van der Waals surface area contributed by atoms with Crippen molar-refractivity contribution in [2.24, 2.45) is 0 Å². The summed E-state index contributed by atoms with van der Waals surface area (Å²) in [5.74, 6) is -3.86. The number of carbonyl (C=O) groups is 1. The van der Waals surface area contributed by atoms with Gasteiger partial charge in [-0.25, -0.2) is 0 Å². The predicted molar refractivity (Wildman–Crippen MR) is 57.3 cm³/mol. The Morgan fingerprint density at radius 3 is 2.41 bits per heavy atom. The molecule has 0 bridgehead atoms. The number of methoxy groups -OCH3 is 1. The summed E-state index contributed by atoms with van der Waals surface area (Å²) in [6.07, 6.45) is -4.79. The fraction of sp³-hybridized carbons (Fsp3) is 0.300. The summed E-state index contributed by atoms with van der Waals surface area (Å²) in [6, 6.07) is 3.70. The highest BCUT2D eigenvalue weighted by atomic mass is 35.5. The van der Waals surface area contributed by atoms with Crippen LogP contribution in [0.5, 0.6) is 0 Å². The minimum Gasteiger partial charge on any atom is -0.468 e. The molecule has 1 aromatic carbocycles. The molecule has 94 valence electrons. The van der Waals surface area contributed by atoms with Crippen LogP contribution >= 0.6 is 23.2 Å². The maximum atomic E-state index is 12.8. The zero-order valence-electron chi connectivity index (χ0n) is 8.52. The Hall–Kier alpha value is -0.940. The second-order valence-corrected chi connectivity index (χ2v) is 3.93. The molecule has 0 amide bonds. The number of alkyl halides is 3. The predicted octanol–water partition coefficient (Wildman–Crippen LogP) is 3.81. The van der Waals surface area contributed by atoms with Crippen molar-refractivity contribution < 1.29 is 22.7 Å². The third kappa shape index (κ3) is 3.04. The van der Waals surface area contributed by atoms with Crippen molar-refractivity contribution in [3.63, 3.8) is 0 Å². The van der Waals surface area contributed by atoms with Gasteiger partial charge in [0, 0.05) is 0 Å². The number of carbonyl (C=O) groups excluding carboxylic acids is 1. The van der Waals surface area contributed by atoms with E-state index in [4.69, 9.17) is 23.2 Å². The minimum absolute atomic E-state index is 0.0534. The molecule has 17 heavy (non-hydrogen) atoms. The molecule has 1 rings (SSSR count). The molecule has 1 aromatic rings. The molecule has 0 fully saturated rings. The van der Waals surface area contributed by atoms with Gasteiger partial charge >= 0.3 is 12.1 Å². The van der Waals surface area contributed by atoms with E-state index >= 15 is 0 Å². The molecule has 0 saturated carbocycles. The van der Waals surface area contributed by atoms with Crippen LogP contribution in [0.15, 0.2) is 18.2 Å². The maximum Gasteiger partial charge on any atom is 0.406 e. The Labute approximate surface area is 105 Å². The van der Waals surface area contributed by atoms with Crippen molar-refractivity contribution in [3.8, 4) is 0 Å². The lowest BCUT2D eigenvalue weighted by Gasteiger charge is -2.19. The van der Waals surface area contributed by atoms with Crippen LogP contribution in [-0.4, -0.2) is 19.3 Å². The van der Waals surface area contributed by atoms with E-state index in [1.165, 1.54) is 12.1 Å². The van der Waals surface area contributed by atoms with Gasteiger partial charge in [0.05, 0.1) is 17.2 Å². The quantitative estimate of drug-likeness (QED) is 0.773. The molecular weight excluding hydrogens is 280 g/mol. The van der Waals surface area contributed by atoms with E-state index in [-0.39, 0.29) is 10.0 Å². The van der Waals surface area contributed by atoms with Crippen LogP contribution in [0, 0.1) is 0 Å². The van der Waals surface area contributed by atoms with E-state index < -0.39 is 23.6 Å². The molecule has 0 aromatic heterocycles. The first-order chi connectivity index (χ1) is 7.79. The van der Waals surface area contributed by atoms with Gasteiger partial charge in [-0.1, -0.05) is 35.3 Å². The van der Waals surface area contributed by atoms with Crippen LogP contribution in [0.3, 0.4) is 0 Å². The largest absolute Gasteiger partial charge is 0.468 e. The van der Waals surface area contributed by atoms with Gasteiger partial charge in [-0.05, 0) is 11.6 Å². The summed E-state index contributed by atoms with van der Waals surface area (Å²) < 4.78 is 42.4. The number of esters is 1. The lowest BCUT2D eigenvalue weighted by Crippen LogP contribution is -2.29. The molecule has 0 radical (unpaired) electrons. The Morgan fingerprint density at radius 2 is 1.94 bits per heavy atom. The second kappa shape index (κ2) is 5.14. The monoisotopic (exact) mass is 286 g/mol. The first-order valence-electron chi connectivity index (χ1n) is 4.37. The van der Waals surface area contributed by atoms with Crippen molar-refractivity contribution in [3.05, 3.63) is 33.8 Å². The molecule has 0 saturated heterocycles. The van der Waals surface area contributed by atoms with Crippen LogP contribution in [0.2, 0.25) is 10.0 Å². The van der Waals surface area contributed by atoms with Crippen molar-refractivity contribution in [1.82, 2.24) is 0 Å². The number of benzene rings is 1. The smallest absolute Gasteiger partial charge is 0.406 e. The number of ether oxygens (including phenoxy) is 1. The van der Waals surface area contributed by atoms with E-state index in [2.05, 4.69) is 4.74 Å². The maximum absolute atomic E-state index is 12.8. The average Bonchev–Trinajstić information content (AvgIpc) is 2.22. The fourth-order valence-corrected chi connectivity index (χ4v) is 1.72. The molecule has 0 aliphatic heterocycles. The molecule has 0 aliphatic carbocycles. The summed E-state index contributed by atoms with van der Waals surface area (Å²) in [5, 5.41) is -0.357. The Morgan fingerprint density at radius 1 is 1.35 bits per heavy atom. The molecule has 1 atom stereocenters. The minimum atomic E-state index is -4.79. The molecule has 0 N–H and O–H groups in total. The Balaban J connectivity index is 3.33.